The fourth-order valence-corrected chi connectivity index (χ4v) is 7.30. The van der Waals surface area contributed by atoms with Gasteiger partial charge >= 0.3 is 0 Å². The summed E-state index contributed by atoms with van der Waals surface area (Å²) in [6.07, 6.45) is 0. The van der Waals surface area contributed by atoms with Gasteiger partial charge in [0.15, 0.2) is 0 Å². The van der Waals surface area contributed by atoms with Gasteiger partial charge in [-0.05, 0) is 28.7 Å². The Balaban J connectivity index is 2.24. The number of benzene rings is 2. The molecule has 0 amide bonds. The first-order valence-electron chi connectivity index (χ1n) is 7.35. The zero-order valence-corrected chi connectivity index (χ0v) is 13.9. The lowest BCUT2D eigenvalue weighted by Gasteiger charge is -2.23. The summed E-state index contributed by atoms with van der Waals surface area (Å²) in [5, 5.41) is 4.78. The first kappa shape index (κ1) is 13.4. The van der Waals surface area contributed by atoms with Crippen molar-refractivity contribution >= 4 is 24.7 Å². The van der Waals surface area contributed by atoms with Gasteiger partial charge in [0, 0.05) is 0 Å². The molecule has 2 aromatic rings. The summed E-state index contributed by atoms with van der Waals surface area (Å²) < 4.78 is 0. The summed E-state index contributed by atoms with van der Waals surface area (Å²) >= 11 is 0. The molecule has 1 atom stereocenters. The highest BCUT2D eigenvalue weighted by Gasteiger charge is 2.35. The molecule has 0 nitrogen and oxygen atoms in total. The van der Waals surface area contributed by atoms with Gasteiger partial charge in [0.25, 0.3) is 0 Å². The molecule has 0 spiro atoms. The normalized spacial score (nSPS) is 18.3. The average molecular weight is 278 g/mol. The molecule has 1 heteroatoms. The third kappa shape index (κ3) is 2.06. The van der Waals surface area contributed by atoms with Gasteiger partial charge in [-0.15, -0.1) is 0 Å². The number of hydrogen-bond acceptors (Lipinski definition) is 0. The van der Waals surface area contributed by atoms with E-state index < -0.39 is 8.80 Å². The lowest BCUT2D eigenvalue weighted by atomic mass is 9.82. The van der Waals surface area contributed by atoms with E-state index in [1.165, 1.54) is 10.8 Å². The van der Waals surface area contributed by atoms with Crippen LogP contribution < -0.4 is 10.4 Å². The summed E-state index contributed by atoms with van der Waals surface area (Å²) in [7, 11) is -1.21. The van der Waals surface area contributed by atoms with E-state index in [2.05, 4.69) is 82.3 Å². The van der Waals surface area contributed by atoms with Crippen LogP contribution in [0.5, 0.6) is 0 Å². The van der Waals surface area contributed by atoms with Crippen molar-refractivity contribution in [2.24, 2.45) is 5.41 Å². The molecule has 1 aliphatic heterocycles. The highest BCUT2D eigenvalue weighted by atomic mass is 28.3. The second-order valence-electron chi connectivity index (χ2n) is 6.74. The van der Waals surface area contributed by atoms with Crippen LogP contribution in [0.3, 0.4) is 0 Å². The topological polar surface area (TPSA) is 0 Å². The van der Waals surface area contributed by atoms with Crippen molar-refractivity contribution in [3.8, 4) is 0 Å². The quantitative estimate of drug-likeness (QED) is 0.701. The van der Waals surface area contributed by atoms with Crippen LogP contribution in [0.4, 0.5) is 0 Å². The van der Waals surface area contributed by atoms with Gasteiger partial charge in [0.2, 0.25) is 0 Å². The van der Waals surface area contributed by atoms with Gasteiger partial charge in [0.1, 0.15) is 8.80 Å². The Kier molecular flexibility index (Phi) is 3.18. The Hall–Kier alpha value is -1.60. The molecule has 0 radical (unpaired) electrons. The van der Waals surface area contributed by atoms with Crippen molar-refractivity contribution in [3.05, 3.63) is 65.4 Å². The Bertz CT molecular complexity index is 660. The van der Waals surface area contributed by atoms with Crippen LogP contribution in [0, 0.1) is 5.41 Å². The minimum atomic E-state index is -1.21. The maximum Gasteiger partial charge on any atom is 0.129 e. The summed E-state index contributed by atoms with van der Waals surface area (Å²) in [6.45, 7) is 9.38. The van der Waals surface area contributed by atoms with Crippen LogP contribution in [0.2, 0.25) is 0 Å². The maximum atomic E-state index is 2.37. The molecule has 1 unspecified atom stereocenters. The van der Waals surface area contributed by atoms with E-state index in [1.807, 2.05) is 0 Å². The van der Waals surface area contributed by atoms with E-state index >= 15 is 0 Å². The minimum absolute atomic E-state index is 0.219. The summed E-state index contributed by atoms with van der Waals surface area (Å²) in [4.78, 5) is 0. The van der Waals surface area contributed by atoms with Crippen molar-refractivity contribution < 1.29 is 0 Å². The largest absolute Gasteiger partial charge is 0.129 e. The van der Waals surface area contributed by atoms with Crippen LogP contribution >= 0.6 is 0 Å². The van der Waals surface area contributed by atoms with Gasteiger partial charge in [-0.25, -0.2) is 0 Å². The molecular formula is C19H22Si. The zero-order valence-electron chi connectivity index (χ0n) is 12.8. The Morgan fingerprint density at radius 1 is 0.800 bits per heavy atom. The molecule has 1 aliphatic rings. The highest BCUT2D eigenvalue weighted by Crippen LogP contribution is 2.40. The predicted molar refractivity (Wildman–Crippen MR) is 91.4 cm³/mol. The van der Waals surface area contributed by atoms with E-state index in [0.717, 1.165) is 0 Å². The van der Waals surface area contributed by atoms with Crippen LogP contribution in [0.1, 0.15) is 33.3 Å². The van der Waals surface area contributed by atoms with E-state index in [-0.39, 0.29) is 5.41 Å². The van der Waals surface area contributed by atoms with Gasteiger partial charge in [0.05, 0.1) is 0 Å². The summed E-state index contributed by atoms with van der Waals surface area (Å²) in [6, 6.07) is 20.1. The third-order valence-corrected chi connectivity index (χ3v) is 7.58. The average Bonchev–Trinajstić information content (AvgIpc) is 2.71. The lowest BCUT2D eigenvalue weighted by molar-refractivity contribution is 0.566. The van der Waals surface area contributed by atoms with E-state index in [1.54, 1.807) is 16.0 Å². The van der Waals surface area contributed by atoms with Crippen molar-refractivity contribution in [2.45, 2.75) is 27.7 Å². The third-order valence-electron chi connectivity index (χ3n) is 4.25. The fraction of sp³-hybridized carbons (Fsp3) is 0.263. The van der Waals surface area contributed by atoms with Gasteiger partial charge in [-0.2, -0.15) is 0 Å². The first-order chi connectivity index (χ1) is 9.50. The Morgan fingerprint density at radius 2 is 1.40 bits per heavy atom. The molecule has 1 heterocycles. The smallest absolute Gasteiger partial charge is 0.0731 e. The van der Waals surface area contributed by atoms with E-state index in [9.17, 15) is 0 Å². The Morgan fingerprint density at radius 3 is 2.05 bits per heavy atom. The lowest BCUT2D eigenvalue weighted by Crippen LogP contribution is -2.41. The zero-order chi connectivity index (χ0) is 14.3. The molecule has 0 aromatic heterocycles. The van der Waals surface area contributed by atoms with Crippen molar-refractivity contribution in [3.63, 3.8) is 0 Å². The monoisotopic (exact) mass is 278 g/mol. The highest BCUT2D eigenvalue weighted by molar-refractivity contribution is 6.93. The molecule has 2 aromatic carbocycles. The molecule has 0 saturated carbocycles. The Labute approximate surface area is 123 Å². The van der Waals surface area contributed by atoms with Gasteiger partial charge in [-0.1, -0.05) is 85.8 Å². The van der Waals surface area contributed by atoms with E-state index in [4.69, 9.17) is 0 Å². The van der Waals surface area contributed by atoms with Crippen molar-refractivity contribution in [2.75, 3.05) is 0 Å². The summed E-state index contributed by atoms with van der Waals surface area (Å²) in [5.41, 5.74) is 3.29. The van der Waals surface area contributed by atoms with Crippen molar-refractivity contribution in [1.29, 1.82) is 0 Å². The first-order valence-corrected chi connectivity index (χ1v) is 9.09. The second-order valence-corrected chi connectivity index (χ2v) is 9.76. The molecule has 20 heavy (non-hydrogen) atoms. The van der Waals surface area contributed by atoms with Gasteiger partial charge in [-0.3, -0.25) is 0 Å². The number of rotatable bonds is 1. The number of hydrogen-bond donors (Lipinski definition) is 0. The fourth-order valence-electron chi connectivity index (χ4n) is 3.64. The van der Waals surface area contributed by atoms with Gasteiger partial charge < -0.3 is 0 Å². The SMILES string of the molecule is CC1=C(C(C)(C)C)c2ccccc2[SiH]1c1ccccc1. The molecule has 3 rings (SSSR count). The van der Waals surface area contributed by atoms with Crippen molar-refractivity contribution in [1.82, 2.24) is 0 Å². The molecule has 0 saturated heterocycles. The second kappa shape index (κ2) is 4.74. The minimum Gasteiger partial charge on any atom is -0.0731 e. The van der Waals surface area contributed by atoms with Crippen LogP contribution in [-0.4, -0.2) is 8.80 Å². The summed E-state index contributed by atoms with van der Waals surface area (Å²) in [5.74, 6) is 0. The number of allylic oxidation sites excluding steroid dienone is 2. The van der Waals surface area contributed by atoms with Crippen LogP contribution in [-0.2, 0) is 0 Å². The van der Waals surface area contributed by atoms with Crippen LogP contribution in [0.15, 0.2) is 59.8 Å². The number of fused-ring (bicyclic) bond motifs is 1. The van der Waals surface area contributed by atoms with E-state index in [0.29, 0.717) is 0 Å². The molecule has 0 bridgehead atoms. The van der Waals surface area contributed by atoms with Crippen LogP contribution in [0.25, 0.3) is 5.57 Å². The molecule has 0 fully saturated rings. The maximum absolute atomic E-state index is 2.37. The predicted octanol–water partition coefficient (Wildman–Crippen LogP) is 3.40. The molecule has 102 valence electrons. The molecular weight excluding hydrogens is 256 g/mol. The standard InChI is InChI=1S/C19H22Si/c1-14-18(19(2,3)4)16-12-8-9-13-17(16)20(14)15-10-6-5-7-11-15/h5-13,20H,1-4H3. The molecule has 0 N–H and O–H groups in total. The molecule has 0 aliphatic carbocycles.